The largest absolute Gasteiger partial charge is 0.490 e. The number of hydrogen-bond acceptors (Lipinski definition) is 6. The maximum Gasteiger partial charge on any atom is 0.410 e. The Labute approximate surface area is 186 Å². The van der Waals surface area contributed by atoms with Gasteiger partial charge in [0.05, 0.1) is 28.0 Å². The lowest BCUT2D eigenvalue weighted by molar-refractivity contribution is 0.00547. The van der Waals surface area contributed by atoms with E-state index < -0.39 is 11.4 Å². The standard InChI is InChI=1S/C20H21BrClFN4O3/c1-20(2,3)30-19(28)27-9-4-5-11(27)12-8-29-13-6-10(21)15(23)16-14(13)17(26(12)7-9)25-18(22)24-16/h6,9,11-12H,4-5,7-8H2,1-3H3/t9-,11-,12+/m0/s1. The van der Waals surface area contributed by atoms with E-state index in [-0.39, 0.29) is 39.5 Å². The molecule has 3 atom stereocenters. The van der Waals surface area contributed by atoms with Crippen molar-refractivity contribution in [1.82, 2.24) is 14.9 Å². The Hall–Kier alpha value is -1.87. The summed E-state index contributed by atoms with van der Waals surface area (Å²) < 4.78 is 26.8. The van der Waals surface area contributed by atoms with Crippen LogP contribution in [0, 0.1) is 5.82 Å². The van der Waals surface area contributed by atoms with Crippen LogP contribution in [0.1, 0.15) is 33.6 Å². The van der Waals surface area contributed by atoms with Crippen molar-refractivity contribution in [2.45, 2.75) is 57.3 Å². The SMILES string of the molecule is CC(C)(C)OC(=O)N1[C@H]2CC[C@H]1[C@H]1COc3cc(Br)c(F)c4nc(Cl)nc(c34)N1C2. The predicted molar refractivity (Wildman–Crippen MR) is 114 cm³/mol. The molecular weight excluding hydrogens is 479 g/mol. The van der Waals surface area contributed by atoms with Crippen LogP contribution in [0.15, 0.2) is 10.5 Å². The molecule has 2 aromatic rings. The van der Waals surface area contributed by atoms with Crippen LogP contribution in [0.3, 0.4) is 0 Å². The van der Waals surface area contributed by atoms with Gasteiger partial charge in [0.15, 0.2) is 5.82 Å². The highest BCUT2D eigenvalue weighted by atomic mass is 79.9. The maximum absolute atomic E-state index is 14.8. The summed E-state index contributed by atoms with van der Waals surface area (Å²) in [4.78, 5) is 25.4. The lowest BCUT2D eigenvalue weighted by Crippen LogP contribution is -2.63. The molecule has 4 heterocycles. The van der Waals surface area contributed by atoms with Gasteiger partial charge in [0, 0.05) is 6.54 Å². The minimum absolute atomic E-state index is 0.0215. The van der Waals surface area contributed by atoms with Gasteiger partial charge in [-0.25, -0.2) is 14.2 Å². The molecule has 0 spiro atoms. The minimum Gasteiger partial charge on any atom is -0.490 e. The third kappa shape index (κ3) is 3.09. The van der Waals surface area contributed by atoms with Crippen LogP contribution in [-0.4, -0.2) is 57.8 Å². The number of amides is 1. The molecule has 7 nitrogen and oxygen atoms in total. The summed E-state index contributed by atoms with van der Waals surface area (Å²) in [6.45, 7) is 6.46. The van der Waals surface area contributed by atoms with Gasteiger partial charge in [-0.3, -0.25) is 4.90 Å². The van der Waals surface area contributed by atoms with Gasteiger partial charge in [-0.1, -0.05) is 0 Å². The fraction of sp³-hybridized carbons (Fsp3) is 0.550. The molecule has 0 N–H and O–H groups in total. The number of ether oxygens (including phenoxy) is 2. The van der Waals surface area contributed by atoms with Gasteiger partial charge in [0.2, 0.25) is 5.28 Å². The Bertz CT molecular complexity index is 1060. The maximum atomic E-state index is 14.8. The topological polar surface area (TPSA) is 67.8 Å². The summed E-state index contributed by atoms with van der Waals surface area (Å²) in [5, 5.41) is 0.482. The zero-order valence-electron chi connectivity index (χ0n) is 16.8. The van der Waals surface area contributed by atoms with E-state index in [4.69, 9.17) is 21.1 Å². The third-order valence-corrected chi connectivity index (χ3v) is 6.61. The number of hydrogen-bond donors (Lipinski definition) is 0. The van der Waals surface area contributed by atoms with Crippen molar-refractivity contribution in [2.75, 3.05) is 18.1 Å². The number of carbonyl (C=O) groups excluding carboxylic acids is 1. The molecule has 160 valence electrons. The quantitative estimate of drug-likeness (QED) is 0.496. The van der Waals surface area contributed by atoms with Crippen molar-refractivity contribution in [1.29, 1.82) is 0 Å². The molecule has 1 amide bonds. The Morgan fingerprint density at radius 3 is 2.83 bits per heavy atom. The summed E-state index contributed by atoms with van der Waals surface area (Å²) in [5.74, 6) is 0.547. The van der Waals surface area contributed by atoms with Gasteiger partial charge < -0.3 is 14.4 Å². The first-order valence-electron chi connectivity index (χ1n) is 9.90. The Kier molecular flexibility index (Phi) is 4.56. The molecule has 1 aromatic carbocycles. The molecule has 10 heteroatoms. The summed E-state index contributed by atoms with van der Waals surface area (Å²) in [5.41, 5.74) is -0.447. The summed E-state index contributed by atoms with van der Waals surface area (Å²) in [7, 11) is 0. The molecule has 0 aliphatic carbocycles. The zero-order valence-corrected chi connectivity index (χ0v) is 19.1. The van der Waals surface area contributed by atoms with E-state index in [1.54, 1.807) is 6.07 Å². The van der Waals surface area contributed by atoms with Crippen LogP contribution in [0.5, 0.6) is 5.75 Å². The first-order chi connectivity index (χ1) is 14.1. The van der Waals surface area contributed by atoms with Crippen molar-refractivity contribution >= 4 is 50.3 Å². The molecule has 2 fully saturated rings. The van der Waals surface area contributed by atoms with E-state index in [2.05, 4.69) is 30.8 Å². The number of nitrogens with zero attached hydrogens (tertiary/aromatic N) is 4. The third-order valence-electron chi connectivity index (χ3n) is 5.87. The van der Waals surface area contributed by atoms with Crippen molar-refractivity contribution in [3.05, 3.63) is 21.6 Å². The second-order valence-corrected chi connectivity index (χ2v) is 10.1. The number of aromatic nitrogens is 2. The van der Waals surface area contributed by atoms with Gasteiger partial charge >= 0.3 is 6.09 Å². The second kappa shape index (κ2) is 6.82. The summed E-state index contributed by atoms with van der Waals surface area (Å²) >= 11 is 9.40. The Morgan fingerprint density at radius 1 is 1.33 bits per heavy atom. The van der Waals surface area contributed by atoms with Gasteiger partial charge in [0.1, 0.15) is 29.3 Å². The highest BCUT2D eigenvalue weighted by Crippen LogP contribution is 2.45. The Morgan fingerprint density at radius 2 is 2.10 bits per heavy atom. The van der Waals surface area contributed by atoms with E-state index >= 15 is 0 Å². The molecule has 2 bridgehead atoms. The van der Waals surface area contributed by atoms with Crippen molar-refractivity contribution in [3.8, 4) is 5.75 Å². The van der Waals surface area contributed by atoms with Crippen LogP contribution in [0.25, 0.3) is 10.9 Å². The van der Waals surface area contributed by atoms with Gasteiger partial charge in [-0.05, 0) is 67.2 Å². The first-order valence-corrected chi connectivity index (χ1v) is 11.1. The van der Waals surface area contributed by atoms with E-state index in [1.807, 2.05) is 25.7 Å². The molecule has 0 radical (unpaired) electrons. The molecule has 2 saturated heterocycles. The smallest absolute Gasteiger partial charge is 0.410 e. The van der Waals surface area contributed by atoms with Crippen LogP contribution >= 0.6 is 27.5 Å². The zero-order chi connectivity index (χ0) is 21.4. The predicted octanol–water partition coefficient (Wildman–Crippen LogP) is 4.53. The van der Waals surface area contributed by atoms with Gasteiger partial charge in [-0.15, -0.1) is 0 Å². The van der Waals surface area contributed by atoms with Gasteiger partial charge in [-0.2, -0.15) is 4.98 Å². The second-order valence-electron chi connectivity index (χ2n) is 8.93. The lowest BCUT2D eigenvalue weighted by Gasteiger charge is -2.46. The molecule has 3 aliphatic heterocycles. The highest BCUT2D eigenvalue weighted by molar-refractivity contribution is 9.10. The monoisotopic (exact) mass is 498 g/mol. The molecule has 5 rings (SSSR count). The van der Waals surface area contributed by atoms with E-state index in [1.165, 1.54) is 0 Å². The summed E-state index contributed by atoms with van der Waals surface area (Å²) in [6.07, 6.45) is 1.39. The molecule has 30 heavy (non-hydrogen) atoms. The average Bonchev–Trinajstić information content (AvgIpc) is 2.89. The van der Waals surface area contributed by atoms with Crippen LogP contribution in [0.4, 0.5) is 15.0 Å². The number of halogens is 3. The van der Waals surface area contributed by atoms with Crippen molar-refractivity contribution in [3.63, 3.8) is 0 Å². The van der Waals surface area contributed by atoms with Crippen LogP contribution in [0.2, 0.25) is 5.28 Å². The minimum atomic E-state index is -0.569. The number of benzene rings is 1. The number of carbonyl (C=O) groups is 1. The lowest BCUT2D eigenvalue weighted by atomic mass is 10.0. The number of piperazine rings is 1. The van der Waals surface area contributed by atoms with Crippen molar-refractivity contribution < 1.29 is 18.7 Å². The van der Waals surface area contributed by atoms with Crippen LogP contribution < -0.4 is 9.64 Å². The molecule has 0 saturated carbocycles. The Balaban J connectivity index is 1.59. The normalized spacial score (nSPS) is 25.1. The average molecular weight is 500 g/mol. The number of anilines is 1. The number of fused-ring (bicyclic) bond motifs is 5. The molecule has 1 aromatic heterocycles. The van der Waals surface area contributed by atoms with Crippen molar-refractivity contribution in [2.24, 2.45) is 0 Å². The highest BCUT2D eigenvalue weighted by Gasteiger charge is 2.51. The van der Waals surface area contributed by atoms with E-state index in [0.717, 1.165) is 12.8 Å². The van der Waals surface area contributed by atoms with Gasteiger partial charge in [0.25, 0.3) is 0 Å². The first kappa shape index (κ1) is 20.1. The summed E-state index contributed by atoms with van der Waals surface area (Å²) in [6, 6.07) is 1.33. The van der Waals surface area contributed by atoms with Crippen LogP contribution in [-0.2, 0) is 4.74 Å². The van der Waals surface area contributed by atoms with E-state index in [0.29, 0.717) is 30.1 Å². The molecule has 0 unspecified atom stereocenters. The molecular formula is C20H21BrClFN4O3. The number of rotatable bonds is 0. The fourth-order valence-corrected chi connectivity index (χ4v) is 5.31. The fourth-order valence-electron chi connectivity index (χ4n) is 4.75. The molecule has 3 aliphatic rings. The van der Waals surface area contributed by atoms with E-state index in [9.17, 15) is 9.18 Å².